The standard InChI is InChI=1S/C8H17BO3Si/c1-13(2,3)11-5-7-6(10)4-8(9)12-7/h6-8,10H,4-5H2,1-3H3/t6-,7-,8-/m1/s1. The highest BCUT2D eigenvalue weighted by atomic mass is 28.4. The normalized spacial score (nSPS) is 35.2. The van der Waals surface area contributed by atoms with Crippen LogP contribution in [0, 0.1) is 0 Å². The van der Waals surface area contributed by atoms with E-state index in [2.05, 4.69) is 19.6 Å². The van der Waals surface area contributed by atoms with E-state index in [-0.39, 0.29) is 12.1 Å². The molecule has 0 aliphatic carbocycles. The van der Waals surface area contributed by atoms with Crippen LogP contribution >= 0.6 is 0 Å². The Morgan fingerprint density at radius 1 is 1.54 bits per heavy atom. The average molecular weight is 200 g/mol. The van der Waals surface area contributed by atoms with Gasteiger partial charge in [-0.2, -0.15) is 0 Å². The van der Waals surface area contributed by atoms with E-state index < -0.39 is 14.4 Å². The Labute approximate surface area is 82.0 Å². The maximum absolute atomic E-state index is 9.49. The van der Waals surface area contributed by atoms with Crippen molar-refractivity contribution in [1.82, 2.24) is 0 Å². The van der Waals surface area contributed by atoms with Crippen molar-refractivity contribution in [3.8, 4) is 0 Å². The molecule has 0 amide bonds. The molecule has 74 valence electrons. The quantitative estimate of drug-likeness (QED) is 0.673. The molecule has 2 radical (unpaired) electrons. The van der Waals surface area contributed by atoms with Gasteiger partial charge in [0.15, 0.2) is 8.32 Å². The van der Waals surface area contributed by atoms with E-state index in [1.54, 1.807) is 0 Å². The third kappa shape index (κ3) is 3.81. The molecule has 1 heterocycles. The highest BCUT2D eigenvalue weighted by Gasteiger charge is 2.32. The maximum Gasteiger partial charge on any atom is 0.183 e. The first kappa shape index (κ1) is 11.2. The second-order valence-corrected chi connectivity index (χ2v) is 8.95. The van der Waals surface area contributed by atoms with Crippen LogP contribution in [0.2, 0.25) is 19.6 Å². The van der Waals surface area contributed by atoms with Crippen LogP contribution in [0.4, 0.5) is 0 Å². The van der Waals surface area contributed by atoms with Crippen molar-refractivity contribution in [2.75, 3.05) is 6.61 Å². The summed E-state index contributed by atoms with van der Waals surface area (Å²) in [6.45, 7) is 6.78. The first-order valence-electron chi connectivity index (χ1n) is 4.61. The molecule has 0 saturated carbocycles. The molecule has 13 heavy (non-hydrogen) atoms. The van der Waals surface area contributed by atoms with Gasteiger partial charge >= 0.3 is 0 Å². The topological polar surface area (TPSA) is 38.7 Å². The number of hydrogen-bond acceptors (Lipinski definition) is 3. The second kappa shape index (κ2) is 4.13. The van der Waals surface area contributed by atoms with Crippen LogP contribution in [-0.4, -0.2) is 46.1 Å². The van der Waals surface area contributed by atoms with Crippen LogP contribution < -0.4 is 0 Å². The molecule has 1 aliphatic rings. The fourth-order valence-electron chi connectivity index (χ4n) is 1.24. The Morgan fingerprint density at radius 3 is 2.54 bits per heavy atom. The summed E-state index contributed by atoms with van der Waals surface area (Å²) in [4.78, 5) is 0. The van der Waals surface area contributed by atoms with E-state index in [1.165, 1.54) is 0 Å². The third-order valence-electron chi connectivity index (χ3n) is 1.93. The Morgan fingerprint density at radius 2 is 2.15 bits per heavy atom. The van der Waals surface area contributed by atoms with E-state index in [0.717, 1.165) is 0 Å². The van der Waals surface area contributed by atoms with Crippen molar-refractivity contribution in [3.63, 3.8) is 0 Å². The maximum atomic E-state index is 9.49. The summed E-state index contributed by atoms with van der Waals surface area (Å²) in [5, 5.41) is 9.49. The molecular weight excluding hydrogens is 183 g/mol. The molecule has 0 aromatic carbocycles. The first-order chi connectivity index (χ1) is 5.88. The first-order valence-corrected chi connectivity index (χ1v) is 8.02. The predicted octanol–water partition coefficient (Wildman–Crippen LogP) is 0.482. The van der Waals surface area contributed by atoms with Crippen molar-refractivity contribution in [2.24, 2.45) is 0 Å². The van der Waals surface area contributed by atoms with E-state index in [0.29, 0.717) is 13.0 Å². The van der Waals surface area contributed by atoms with Gasteiger partial charge in [0.2, 0.25) is 0 Å². The largest absolute Gasteiger partial charge is 0.415 e. The van der Waals surface area contributed by atoms with Gasteiger partial charge in [-0.15, -0.1) is 0 Å². The minimum Gasteiger partial charge on any atom is -0.415 e. The number of aliphatic hydroxyl groups excluding tert-OH is 1. The summed E-state index contributed by atoms with van der Waals surface area (Å²) >= 11 is 0. The lowest BCUT2D eigenvalue weighted by Crippen LogP contribution is -2.34. The summed E-state index contributed by atoms with van der Waals surface area (Å²) < 4.78 is 10.9. The van der Waals surface area contributed by atoms with Crippen LogP contribution in [-0.2, 0) is 9.16 Å². The minimum atomic E-state index is -1.51. The average Bonchev–Trinajstić information content (AvgIpc) is 2.24. The Hall–Kier alpha value is 0.162. The summed E-state index contributed by atoms with van der Waals surface area (Å²) in [6.07, 6.45) is -0.187. The molecule has 1 aliphatic heterocycles. The number of hydrogen-bond donors (Lipinski definition) is 1. The Bertz CT molecular complexity index is 171. The zero-order valence-electron chi connectivity index (χ0n) is 8.49. The number of aliphatic hydroxyl groups is 1. The molecule has 0 spiro atoms. The molecule has 1 N–H and O–H groups in total. The molecule has 0 aromatic heterocycles. The molecule has 1 rings (SSSR count). The lowest BCUT2D eigenvalue weighted by atomic mass is 9.96. The van der Waals surface area contributed by atoms with Gasteiger partial charge in [-0.05, 0) is 26.1 Å². The minimum absolute atomic E-state index is 0.235. The lowest BCUT2D eigenvalue weighted by molar-refractivity contribution is 0.000677. The highest BCUT2D eigenvalue weighted by molar-refractivity contribution is 6.69. The van der Waals surface area contributed by atoms with Gasteiger partial charge in [0.1, 0.15) is 14.0 Å². The molecule has 1 saturated heterocycles. The fourth-order valence-corrected chi connectivity index (χ4v) is 1.91. The zero-order valence-corrected chi connectivity index (χ0v) is 9.49. The monoisotopic (exact) mass is 200 g/mol. The van der Waals surface area contributed by atoms with Crippen molar-refractivity contribution < 1.29 is 14.3 Å². The van der Waals surface area contributed by atoms with Gasteiger partial charge in [0.25, 0.3) is 0 Å². The number of rotatable bonds is 3. The van der Waals surface area contributed by atoms with Gasteiger partial charge in [-0.3, -0.25) is 0 Å². The second-order valence-electron chi connectivity index (χ2n) is 4.44. The van der Waals surface area contributed by atoms with E-state index >= 15 is 0 Å². The van der Waals surface area contributed by atoms with Crippen molar-refractivity contribution >= 4 is 16.2 Å². The van der Waals surface area contributed by atoms with Crippen LogP contribution in [0.5, 0.6) is 0 Å². The van der Waals surface area contributed by atoms with Crippen LogP contribution in [0.1, 0.15) is 6.42 Å². The summed E-state index contributed by atoms with van der Waals surface area (Å²) in [5.74, 6) is 0. The van der Waals surface area contributed by atoms with Crippen LogP contribution in [0.25, 0.3) is 0 Å². The Kier molecular flexibility index (Phi) is 3.57. The van der Waals surface area contributed by atoms with Gasteiger partial charge in [0.05, 0.1) is 12.7 Å². The van der Waals surface area contributed by atoms with E-state index in [1.807, 2.05) is 0 Å². The van der Waals surface area contributed by atoms with E-state index in [9.17, 15) is 5.11 Å². The summed E-state index contributed by atoms with van der Waals surface area (Å²) in [5.41, 5.74) is 0. The van der Waals surface area contributed by atoms with Gasteiger partial charge < -0.3 is 14.3 Å². The fraction of sp³-hybridized carbons (Fsp3) is 1.00. The van der Waals surface area contributed by atoms with Crippen molar-refractivity contribution in [2.45, 2.75) is 44.3 Å². The smallest absolute Gasteiger partial charge is 0.183 e. The number of ether oxygens (including phenoxy) is 1. The third-order valence-corrected chi connectivity index (χ3v) is 2.97. The molecule has 0 bridgehead atoms. The van der Waals surface area contributed by atoms with Crippen molar-refractivity contribution in [1.29, 1.82) is 0 Å². The lowest BCUT2D eigenvalue weighted by Gasteiger charge is -2.21. The molecule has 5 heteroatoms. The van der Waals surface area contributed by atoms with Crippen LogP contribution in [0.3, 0.4) is 0 Å². The SMILES string of the molecule is [B][C@H]1C[C@@H](O)[C@@H](CO[Si](C)(C)C)O1. The predicted molar refractivity (Wildman–Crippen MR) is 54.3 cm³/mol. The van der Waals surface area contributed by atoms with Crippen molar-refractivity contribution in [3.05, 3.63) is 0 Å². The molecule has 0 aromatic rings. The molecule has 3 atom stereocenters. The van der Waals surface area contributed by atoms with E-state index in [4.69, 9.17) is 17.0 Å². The zero-order chi connectivity index (χ0) is 10.1. The summed E-state index contributed by atoms with van der Waals surface area (Å²) in [6, 6.07) is -0.328. The highest BCUT2D eigenvalue weighted by Crippen LogP contribution is 2.19. The molecule has 0 unspecified atom stereocenters. The summed E-state index contributed by atoms with van der Waals surface area (Å²) in [7, 11) is 4.02. The molecule has 3 nitrogen and oxygen atoms in total. The van der Waals surface area contributed by atoms with Gasteiger partial charge in [-0.1, -0.05) is 0 Å². The van der Waals surface area contributed by atoms with Gasteiger partial charge in [0, 0.05) is 6.00 Å². The molecule has 1 fully saturated rings. The van der Waals surface area contributed by atoms with Gasteiger partial charge in [-0.25, -0.2) is 0 Å². The Balaban J connectivity index is 2.30. The van der Waals surface area contributed by atoms with Crippen LogP contribution in [0.15, 0.2) is 0 Å². The molecular formula is C8H17BO3Si.